The number of halogens is 1. The number of hydrogen-bond donors (Lipinski definition) is 2. The Morgan fingerprint density at radius 1 is 1.44 bits per heavy atom. The van der Waals surface area contributed by atoms with Crippen LogP contribution in [-0.2, 0) is 13.6 Å². The fraction of sp³-hybridized carbons (Fsp3) is 0.727. The van der Waals surface area contributed by atoms with Gasteiger partial charge in [-0.25, -0.2) is 0 Å². The number of aryl methyl sites for hydroxylation is 1. The van der Waals surface area contributed by atoms with Gasteiger partial charge in [0.05, 0.1) is 6.54 Å². The Morgan fingerprint density at radius 2 is 2.17 bits per heavy atom. The smallest absolute Gasteiger partial charge is 0.191 e. The highest BCUT2D eigenvalue weighted by Gasteiger charge is 2.02. The van der Waals surface area contributed by atoms with Crippen LogP contribution < -0.4 is 10.6 Å². The van der Waals surface area contributed by atoms with Crippen molar-refractivity contribution in [2.75, 3.05) is 13.6 Å². The van der Waals surface area contributed by atoms with Crippen LogP contribution in [-0.4, -0.2) is 34.3 Å². The summed E-state index contributed by atoms with van der Waals surface area (Å²) in [6.07, 6.45) is 2.82. The third-order valence-electron chi connectivity index (χ3n) is 2.46. The highest BCUT2D eigenvalue weighted by Crippen LogP contribution is 1.96. The molecule has 7 heteroatoms. The van der Waals surface area contributed by atoms with Crippen LogP contribution >= 0.6 is 24.0 Å². The SMILES string of the molecule is CN=C(NCCC(C)C)NCc1nncn1C.I. The predicted octanol–water partition coefficient (Wildman–Crippen LogP) is 1.14. The van der Waals surface area contributed by atoms with Crippen molar-refractivity contribution in [3.63, 3.8) is 0 Å². The van der Waals surface area contributed by atoms with Crippen LogP contribution in [0, 0.1) is 5.92 Å². The molecule has 2 N–H and O–H groups in total. The lowest BCUT2D eigenvalue weighted by atomic mass is 10.1. The van der Waals surface area contributed by atoms with E-state index in [9.17, 15) is 0 Å². The zero-order valence-corrected chi connectivity index (χ0v) is 13.8. The molecular formula is C11H23IN6. The molecule has 0 amide bonds. The Morgan fingerprint density at radius 3 is 2.67 bits per heavy atom. The largest absolute Gasteiger partial charge is 0.356 e. The lowest BCUT2D eigenvalue weighted by molar-refractivity contribution is 0.572. The molecule has 1 heterocycles. The molecule has 1 rings (SSSR count). The maximum Gasteiger partial charge on any atom is 0.191 e. The van der Waals surface area contributed by atoms with E-state index < -0.39 is 0 Å². The van der Waals surface area contributed by atoms with E-state index in [0.29, 0.717) is 12.5 Å². The zero-order chi connectivity index (χ0) is 12.7. The van der Waals surface area contributed by atoms with Crippen molar-refractivity contribution in [3.8, 4) is 0 Å². The minimum atomic E-state index is 0. The molecule has 0 aliphatic rings. The summed E-state index contributed by atoms with van der Waals surface area (Å²) in [5, 5.41) is 14.3. The Kier molecular flexibility index (Phi) is 8.69. The monoisotopic (exact) mass is 366 g/mol. The van der Waals surface area contributed by atoms with E-state index in [-0.39, 0.29) is 24.0 Å². The summed E-state index contributed by atoms with van der Waals surface area (Å²) in [6.45, 7) is 5.96. The van der Waals surface area contributed by atoms with Crippen LogP contribution in [0.5, 0.6) is 0 Å². The molecule has 0 aromatic carbocycles. The molecule has 0 radical (unpaired) electrons. The fourth-order valence-corrected chi connectivity index (χ4v) is 1.33. The van der Waals surface area contributed by atoms with Gasteiger partial charge in [0.2, 0.25) is 0 Å². The molecule has 1 aromatic rings. The Hall–Kier alpha value is -0.860. The topological polar surface area (TPSA) is 67.1 Å². The van der Waals surface area contributed by atoms with Gasteiger partial charge in [0.25, 0.3) is 0 Å². The van der Waals surface area contributed by atoms with Gasteiger partial charge in [-0.1, -0.05) is 13.8 Å². The number of guanidine groups is 1. The van der Waals surface area contributed by atoms with Crippen molar-refractivity contribution in [1.29, 1.82) is 0 Å². The van der Waals surface area contributed by atoms with E-state index in [4.69, 9.17) is 0 Å². The summed E-state index contributed by atoms with van der Waals surface area (Å²) >= 11 is 0. The fourth-order valence-electron chi connectivity index (χ4n) is 1.33. The van der Waals surface area contributed by atoms with E-state index in [1.807, 2.05) is 11.6 Å². The van der Waals surface area contributed by atoms with E-state index >= 15 is 0 Å². The molecule has 0 bridgehead atoms. The average Bonchev–Trinajstić information content (AvgIpc) is 2.68. The molecular weight excluding hydrogens is 343 g/mol. The number of aliphatic imine (C=N–C) groups is 1. The standard InChI is InChI=1S/C11H22N6.HI/c1-9(2)5-6-13-11(12-3)14-7-10-16-15-8-17(10)4;/h8-9H,5-7H2,1-4H3,(H2,12,13,14);1H. The number of rotatable bonds is 5. The van der Waals surface area contributed by atoms with Crippen molar-refractivity contribution in [1.82, 2.24) is 25.4 Å². The van der Waals surface area contributed by atoms with E-state index in [1.54, 1.807) is 13.4 Å². The van der Waals surface area contributed by atoms with Crippen LogP contribution in [0.15, 0.2) is 11.3 Å². The molecule has 0 atom stereocenters. The van der Waals surface area contributed by atoms with E-state index in [0.717, 1.165) is 24.7 Å². The molecule has 0 fully saturated rings. The summed E-state index contributed by atoms with van der Waals surface area (Å²) in [5.41, 5.74) is 0. The highest BCUT2D eigenvalue weighted by molar-refractivity contribution is 14.0. The first-order valence-corrected chi connectivity index (χ1v) is 5.91. The maximum absolute atomic E-state index is 4.15. The number of nitrogens with zero attached hydrogens (tertiary/aromatic N) is 4. The second-order valence-corrected chi connectivity index (χ2v) is 4.39. The van der Waals surface area contributed by atoms with Crippen molar-refractivity contribution in [3.05, 3.63) is 12.2 Å². The molecule has 6 nitrogen and oxygen atoms in total. The summed E-state index contributed by atoms with van der Waals surface area (Å²) in [4.78, 5) is 4.15. The van der Waals surface area contributed by atoms with Gasteiger partial charge in [-0.05, 0) is 12.3 Å². The lowest BCUT2D eigenvalue weighted by Crippen LogP contribution is -2.38. The van der Waals surface area contributed by atoms with Crippen molar-refractivity contribution >= 4 is 29.9 Å². The molecule has 104 valence electrons. The third kappa shape index (κ3) is 6.18. The minimum Gasteiger partial charge on any atom is -0.356 e. The van der Waals surface area contributed by atoms with Gasteiger partial charge < -0.3 is 15.2 Å². The van der Waals surface area contributed by atoms with Crippen LogP contribution in [0.3, 0.4) is 0 Å². The van der Waals surface area contributed by atoms with E-state index in [1.165, 1.54) is 0 Å². The predicted molar refractivity (Wildman–Crippen MR) is 84.1 cm³/mol. The normalized spacial score (nSPS) is 11.3. The maximum atomic E-state index is 4.15. The summed E-state index contributed by atoms with van der Waals surface area (Å²) in [6, 6.07) is 0. The van der Waals surface area contributed by atoms with Gasteiger partial charge in [0.1, 0.15) is 6.33 Å². The zero-order valence-electron chi connectivity index (χ0n) is 11.5. The van der Waals surface area contributed by atoms with Gasteiger partial charge in [-0.15, -0.1) is 34.2 Å². The summed E-state index contributed by atoms with van der Waals surface area (Å²) in [5.74, 6) is 2.38. The molecule has 1 aromatic heterocycles. The number of hydrogen-bond acceptors (Lipinski definition) is 3. The molecule has 0 aliphatic carbocycles. The Labute approximate surface area is 126 Å². The van der Waals surface area contributed by atoms with Crippen molar-refractivity contribution in [2.45, 2.75) is 26.8 Å². The molecule has 0 spiro atoms. The van der Waals surface area contributed by atoms with Crippen molar-refractivity contribution in [2.24, 2.45) is 18.0 Å². The minimum absolute atomic E-state index is 0. The van der Waals surface area contributed by atoms with Gasteiger partial charge in [-0.3, -0.25) is 4.99 Å². The van der Waals surface area contributed by atoms with Gasteiger partial charge >= 0.3 is 0 Å². The average molecular weight is 366 g/mol. The van der Waals surface area contributed by atoms with E-state index in [2.05, 4.69) is 39.7 Å². The summed E-state index contributed by atoms with van der Waals surface area (Å²) < 4.78 is 1.88. The number of nitrogens with one attached hydrogen (secondary N) is 2. The first-order valence-electron chi connectivity index (χ1n) is 5.91. The van der Waals surface area contributed by atoms with Crippen LogP contribution in [0.1, 0.15) is 26.1 Å². The molecule has 18 heavy (non-hydrogen) atoms. The molecule has 0 saturated heterocycles. The summed E-state index contributed by atoms with van der Waals surface area (Å²) in [7, 11) is 3.69. The lowest BCUT2D eigenvalue weighted by Gasteiger charge is -2.12. The van der Waals surface area contributed by atoms with Crippen LogP contribution in [0.4, 0.5) is 0 Å². The third-order valence-corrected chi connectivity index (χ3v) is 2.46. The number of aromatic nitrogens is 3. The second kappa shape index (κ2) is 9.12. The first kappa shape index (κ1) is 17.1. The Bertz CT molecular complexity index is 360. The van der Waals surface area contributed by atoms with Crippen LogP contribution in [0.25, 0.3) is 0 Å². The Balaban J connectivity index is 0.00000289. The van der Waals surface area contributed by atoms with Crippen molar-refractivity contribution < 1.29 is 0 Å². The molecule has 0 unspecified atom stereocenters. The first-order chi connectivity index (χ1) is 8.13. The van der Waals surface area contributed by atoms with Gasteiger partial charge in [-0.2, -0.15) is 0 Å². The van der Waals surface area contributed by atoms with Gasteiger partial charge in [0.15, 0.2) is 11.8 Å². The van der Waals surface area contributed by atoms with Gasteiger partial charge in [0, 0.05) is 20.6 Å². The molecule has 0 saturated carbocycles. The quantitative estimate of drug-likeness (QED) is 0.466. The second-order valence-electron chi connectivity index (χ2n) is 4.39. The molecule has 0 aliphatic heterocycles. The van der Waals surface area contributed by atoms with Crippen LogP contribution in [0.2, 0.25) is 0 Å². The highest BCUT2D eigenvalue weighted by atomic mass is 127.